The summed E-state index contributed by atoms with van der Waals surface area (Å²) >= 11 is 0. The summed E-state index contributed by atoms with van der Waals surface area (Å²) in [4.78, 5) is 23.5. The van der Waals surface area contributed by atoms with Crippen LogP contribution < -0.4 is 0 Å². The van der Waals surface area contributed by atoms with Crippen molar-refractivity contribution in [1.82, 2.24) is 0 Å². The normalized spacial score (nSPS) is 46.5. The van der Waals surface area contributed by atoms with Gasteiger partial charge in [0.2, 0.25) is 0 Å². The van der Waals surface area contributed by atoms with Crippen LogP contribution in [0, 0.1) is 46.3 Å². The van der Waals surface area contributed by atoms with Gasteiger partial charge in [0.1, 0.15) is 0 Å². The Hall–Kier alpha value is -1.12. The van der Waals surface area contributed by atoms with Crippen LogP contribution in [0.2, 0.25) is 0 Å². The Morgan fingerprint density at radius 2 is 1.83 bits per heavy atom. The van der Waals surface area contributed by atoms with E-state index >= 15 is 0 Å². The number of fused-ring (bicyclic) bond motifs is 5. The molecule has 2 unspecified atom stereocenters. The van der Waals surface area contributed by atoms with Gasteiger partial charge in [-0.3, -0.25) is 9.59 Å². The van der Waals surface area contributed by atoms with Gasteiger partial charge in [-0.1, -0.05) is 46.1 Å². The first kappa shape index (κ1) is 21.1. The van der Waals surface area contributed by atoms with Crippen LogP contribution in [0.15, 0.2) is 11.6 Å². The van der Waals surface area contributed by atoms with Crippen molar-refractivity contribution in [3.05, 3.63) is 11.6 Å². The first-order valence-corrected chi connectivity index (χ1v) is 12.2. The van der Waals surface area contributed by atoms with Crippen molar-refractivity contribution in [1.29, 1.82) is 0 Å². The number of hydrogen-bond donors (Lipinski definition) is 1. The summed E-state index contributed by atoms with van der Waals surface area (Å²) in [7, 11) is 0. The molecule has 4 rings (SSSR count). The van der Waals surface area contributed by atoms with Crippen molar-refractivity contribution in [2.24, 2.45) is 46.3 Å². The van der Waals surface area contributed by atoms with Gasteiger partial charge in [0.05, 0.1) is 0 Å². The molecular weight excluding hydrogens is 360 g/mol. The number of hydrogen-bond acceptors (Lipinski definition) is 2. The molecule has 3 heteroatoms. The van der Waals surface area contributed by atoms with Crippen LogP contribution in [0.5, 0.6) is 0 Å². The topological polar surface area (TPSA) is 54.4 Å². The number of carbonyl (C=O) groups is 2. The number of carboxylic acid groups (broad SMARTS) is 1. The Morgan fingerprint density at radius 1 is 1.10 bits per heavy atom. The fourth-order valence-corrected chi connectivity index (χ4v) is 9.10. The number of rotatable bonds is 5. The van der Waals surface area contributed by atoms with Crippen molar-refractivity contribution in [3.63, 3.8) is 0 Å². The highest BCUT2D eigenvalue weighted by atomic mass is 16.4. The highest BCUT2D eigenvalue weighted by molar-refractivity contribution is 5.91. The van der Waals surface area contributed by atoms with E-state index < -0.39 is 5.97 Å². The van der Waals surface area contributed by atoms with E-state index in [0.717, 1.165) is 43.4 Å². The monoisotopic (exact) mass is 400 g/mol. The summed E-state index contributed by atoms with van der Waals surface area (Å²) in [6.45, 7) is 9.68. The SMILES string of the molecule is CCC1C(CC)[C@H]2[C@@H]3CCC4=CC(=O)CC[C@]4(C)[C@H]3CC[C@]2(C)[C@H]1CCC(=O)O. The molecule has 29 heavy (non-hydrogen) atoms. The van der Waals surface area contributed by atoms with Gasteiger partial charge in [0.25, 0.3) is 0 Å². The number of carbonyl (C=O) groups excluding carboxylic acids is 1. The fraction of sp³-hybridized carbons (Fsp3) is 0.846. The average molecular weight is 401 g/mol. The predicted molar refractivity (Wildman–Crippen MR) is 115 cm³/mol. The molecular formula is C26H40O3. The van der Waals surface area contributed by atoms with E-state index in [9.17, 15) is 14.7 Å². The summed E-state index contributed by atoms with van der Waals surface area (Å²) in [6.07, 6.45) is 12.2. The maximum atomic E-state index is 12.1. The van der Waals surface area contributed by atoms with Gasteiger partial charge in [-0.2, -0.15) is 0 Å². The van der Waals surface area contributed by atoms with Gasteiger partial charge in [-0.25, -0.2) is 0 Å². The van der Waals surface area contributed by atoms with Crippen LogP contribution in [0.3, 0.4) is 0 Å². The molecule has 0 radical (unpaired) electrons. The van der Waals surface area contributed by atoms with Crippen molar-refractivity contribution in [2.75, 3.05) is 0 Å². The number of ketones is 1. The van der Waals surface area contributed by atoms with E-state index in [1.807, 2.05) is 6.08 Å². The summed E-state index contributed by atoms with van der Waals surface area (Å²) in [5.74, 6) is 3.84. The van der Waals surface area contributed by atoms with Gasteiger partial charge in [-0.15, -0.1) is 0 Å². The van der Waals surface area contributed by atoms with Crippen LogP contribution in [0.1, 0.15) is 91.9 Å². The zero-order valence-corrected chi connectivity index (χ0v) is 18.9. The lowest BCUT2D eigenvalue weighted by atomic mass is 9.46. The molecule has 0 aromatic carbocycles. The zero-order chi connectivity index (χ0) is 21.0. The van der Waals surface area contributed by atoms with Gasteiger partial charge in [-0.05, 0) is 90.9 Å². The molecule has 0 saturated heterocycles. The number of aliphatic carboxylic acids is 1. The maximum Gasteiger partial charge on any atom is 0.303 e. The number of allylic oxidation sites excluding steroid dienone is 1. The Bertz CT molecular complexity index is 709. The quantitative estimate of drug-likeness (QED) is 0.591. The van der Waals surface area contributed by atoms with E-state index in [4.69, 9.17) is 0 Å². The van der Waals surface area contributed by atoms with E-state index in [0.29, 0.717) is 35.4 Å². The summed E-state index contributed by atoms with van der Waals surface area (Å²) in [5.41, 5.74) is 1.95. The maximum absolute atomic E-state index is 12.1. The predicted octanol–water partition coefficient (Wildman–Crippen LogP) is 6.27. The molecule has 0 amide bonds. The third kappa shape index (κ3) is 3.13. The van der Waals surface area contributed by atoms with Crippen molar-refractivity contribution in [2.45, 2.75) is 91.9 Å². The molecule has 1 N–H and O–H groups in total. The second-order valence-electron chi connectivity index (χ2n) is 11.1. The largest absolute Gasteiger partial charge is 0.481 e. The van der Waals surface area contributed by atoms with Gasteiger partial charge >= 0.3 is 5.97 Å². The van der Waals surface area contributed by atoms with Crippen molar-refractivity contribution in [3.8, 4) is 0 Å². The summed E-state index contributed by atoms with van der Waals surface area (Å²) in [6, 6.07) is 0. The zero-order valence-electron chi connectivity index (χ0n) is 18.9. The smallest absolute Gasteiger partial charge is 0.303 e. The van der Waals surface area contributed by atoms with Crippen molar-refractivity contribution < 1.29 is 14.7 Å². The first-order valence-electron chi connectivity index (χ1n) is 12.2. The lowest BCUT2D eigenvalue weighted by Crippen LogP contribution is -2.51. The molecule has 3 saturated carbocycles. The standard InChI is InChI=1S/C26H40O3/c1-5-18-19(6-2)24-20-8-7-16-15-17(27)11-13-25(16,3)22(20)12-14-26(24,4)21(18)9-10-23(28)29/h15,18-22,24H,5-14H2,1-4H3,(H,28,29)/t18?,19?,20-,21+,22+,24+,25+,26-/m1/s1. The van der Waals surface area contributed by atoms with Crippen LogP contribution in [-0.4, -0.2) is 16.9 Å². The molecule has 162 valence electrons. The molecule has 0 aromatic heterocycles. The molecule has 8 atom stereocenters. The van der Waals surface area contributed by atoms with E-state index in [1.165, 1.54) is 37.7 Å². The molecule has 4 aliphatic carbocycles. The van der Waals surface area contributed by atoms with E-state index in [2.05, 4.69) is 27.7 Å². The Balaban J connectivity index is 1.69. The minimum absolute atomic E-state index is 0.220. The molecule has 0 aliphatic heterocycles. The summed E-state index contributed by atoms with van der Waals surface area (Å²) in [5, 5.41) is 9.37. The Kier molecular flexibility index (Phi) is 5.49. The van der Waals surface area contributed by atoms with Crippen molar-refractivity contribution >= 4 is 11.8 Å². The Morgan fingerprint density at radius 3 is 2.48 bits per heavy atom. The highest BCUT2D eigenvalue weighted by Crippen LogP contribution is 2.70. The number of carboxylic acids is 1. The lowest BCUT2D eigenvalue weighted by Gasteiger charge is -2.59. The summed E-state index contributed by atoms with van der Waals surface area (Å²) < 4.78 is 0. The Labute approximate surface area is 176 Å². The first-order chi connectivity index (χ1) is 13.8. The minimum atomic E-state index is -0.638. The van der Waals surface area contributed by atoms with Crippen LogP contribution in [-0.2, 0) is 9.59 Å². The van der Waals surface area contributed by atoms with Crippen LogP contribution >= 0.6 is 0 Å². The van der Waals surface area contributed by atoms with Crippen LogP contribution in [0.25, 0.3) is 0 Å². The van der Waals surface area contributed by atoms with Gasteiger partial charge < -0.3 is 5.11 Å². The van der Waals surface area contributed by atoms with E-state index in [-0.39, 0.29) is 5.41 Å². The molecule has 3 nitrogen and oxygen atoms in total. The molecule has 0 bridgehead atoms. The third-order valence-electron chi connectivity index (χ3n) is 10.2. The lowest BCUT2D eigenvalue weighted by molar-refractivity contribution is -0.138. The average Bonchev–Trinajstić information content (AvgIpc) is 2.94. The molecule has 3 fully saturated rings. The minimum Gasteiger partial charge on any atom is -0.481 e. The second-order valence-corrected chi connectivity index (χ2v) is 11.1. The second kappa shape index (κ2) is 7.54. The van der Waals surface area contributed by atoms with Gasteiger partial charge in [0, 0.05) is 12.8 Å². The van der Waals surface area contributed by atoms with Crippen LogP contribution in [0.4, 0.5) is 0 Å². The fourth-order valence-electron chi connectivity index (χ4n) is 9.10. The van der Waals surface area contributed by atoms with E-state index in [1.54, 1.807) is 0 Å². The molecule has 4 aliphatic rings. The van der Waals surface area contributed by atoms with Gasteiger partial charge in [0.15, 0.2) is 5.78 Å². The molecule has 0 heterocycles. The highest BCUT2D eigenvalue weighted by Gasteiger charge is 2.63. The molecule has 0 aromatic rings. The third-order valence-corrected chi connectivity index (χ3v) is 10.2. The molecule has 0 spiro atoms.